The summed E-state index contributed by atoms with van der Waals surface area (Å²) in [6.07, 6.45) is 0.284. The lowest BCUT2D eigenvalue weighted by atomic mass is 10.0. The molecule has 0 aliphatic carbocycles. The number of hydrogen-bond donors (Lipinski definition) is 2. The van der Waals surface area contributed by atoms with Gasteiger partial charge in [0.25, 0.3) is 0 Å². The van der Waals surface area contributed by atoms with Gasteiger partial charge in [-0.15, -0.1) is 0 Å². The Kier molecular flexibility index (Phi) is 3.32. The van der Waals surface area contributed by atoms with E-state index in [1.807, 2.05) is 50.6 Å². The van der Waals surface area contributed by atoms with Gasteiger partial charge < -0.3 is 15.6 Å². The number of nitrogens with one attached hydrogen (secondary N) is 1. The van der Waals surface area contributed by atoms with E-state index in [0.717, 1.165) is 22.5 Å². The molecule has 3 N–H and O–H groups in total. The zero-order chi connectivity index (χ0) is 14.2. The fourth-order valence-electron chi connectivity index (χ4n) is 2.02. The van der Waals surface area contributed by atoms with Crippen LogP contribution in [0.2, 0.25) is 0 Å². The maximum Gasteiger partial charge on any atom is 0.226 e. The Morgan fingerprint density at radius 3 is 2.79 bits per heavy atom. The van der Waals surface area contributed by atoms with E-state index in [0.29, 0.717) is 0 Å². The predicted molar refractivity (Wildman–Crippen MR) is 77.0 cm³/mol. The number of hydrogen-bond acceptors (Lipinski definition) is 3. The van der Waals surface area contributed by atoms with Gasteiger partial charge in [0.15, 0.2) is 0 Å². The number of aromatic nitrogens is 2. The summed E-state index contributed by atoms with van der Waals surface area (Å²) in [7, 11) is 1.97. The van der Waals surface area contributed by atoms with E-state index < -0.39 is 5.54 Å². The maximum absolute atomic E-state index is 11.8. The molecule has 0 atom stereocenters. The highest BCUT2D eigenvalue weighted by atomic mass is 16.1. The Balaban J connectivity index is 2.20. The van der Waals surface area contributed by atoms with Crippen molar-refractivity contribution in [3.05, 3.63) is 24.0 Å². The highest BCUT2D eigenvalue weighted by Gasteiger charge is 2.16. The Hall–Kier alpha value is -1.88. The molecule has 5 nitrogen and oxygen atoms in total. The fourth-order valence-corrected chi connectivity index (χ4v) is 2.02. The molecule has 0 bridgehead atoms. The van der Waals surface area contributed by atoms with E-state index in [1.165, 1.54) is 0 Å². The van der Waals surface area contributed by atoms with Gasteiger partial charge in [-0.1, -0.05) is 0 Å². The van der Waals surface area contributed by atoms with Crippen LogP contribution in [0.3, 0.4) is 0 Å². The average Bonchev–Trinajstić information content (AvgIpc) is 2.51. The lowest BCUT2D eigenvalue weighted by Crippen LogP contribution is -2.36. The van der Waals surface area contributed by atoms with E-state index in [4.69, 9.17) is 5.73 Å². The number of imidazole rings is 1. The van der Waals surface area contributed by atoms with Gasteiger partial charge in [0.2, 0.25) is 5.91 Å². The number of fused-ring (bicyclic) bond motifs is 1. The first-order chi connectivity index (χ1) is 8.76. The van der Waals surface area contributed by atoms with Crippen LogP contribution in [-0.4, -0.2) is 21.0 Å². The average molecular weight is 260 g/mol. The molecular weight excluding hydrogens is 240 g/mol. The summed E-state index contributed by atoms with van der Waals surface area (Å²) in [6, 6.07) is 5.72. The van der Waals surface area contributed by atoms with Crippen molar-refractivity contribution in [1.82, 2.24) is 9.55 Å². The minimum absolute atomic E-state index is 0.0838. The van der Waals surface area contributed by atoms with E-state index in [-0.39, 0.29) is 12.3 Å². The fraction of sp³-hybridized carbons (Fsp3) is 0.429. The lowest BCUT2D eigenvalue weighted by molar-refractivity contribution is -0.117. The molecular formula is C14H20N4O. The minimum Gasteiger partial charge on any atom is -0.331 e. The van der Waals surface area contributed by atoms with Crippen molar-refractivity contribution in [2.24, 2.45) is 12.8 Å². The Labute approximate surface area is 112 Å². The number of benzene rings is 1. The molecule has 1 amide bonds. The first-order valence-electron chi connectivity index (χ1n) is 6.28. The van der Waals surface area contributed by atoms with Crippen molar-refractivity contribution in [3.63, 3.8) is 0 Å². The van der Waals surface area contributed by atoms with Gasteiger partial charge >= 0.3 is 0 Å². The number of amides is 1. The second-order valence-corrected chi connectivity index (χ2v) is 5.64. The molecule has 2 aromatic rings. The highest BCUT2D eigenvalue weighted by Crippen LogP contribution is 2.19. The minimum atomic E-state index is -0.504. The molecule has 1 aromatic carbocycles. The van der Waals surface area contributed by atoms with Crippen molar-refractivity contribution >= 4 is 22.6 Å². The van der Waals surface area contributed by atoms with Crippen LogP contribution in [-0.2, 0) is 11.8 Å². The van der Waals surface area contributed by atoms with Crippen molar-refractivity contribution in [2.75, 3.05) is 5.32 Å². The molecule has 0 aliphatic rings. The summed E-state index contributed by atoms with van der Waals surface area (Å²) >= 11 is 0. The summed E-state index contributed by atoms with van der Waals surface area (Å²) in [5.41, 5.74) is 8.00. The largest absolute Gasteiger partial charge is 0.331 e. The van der Waals surface area contributed by atoms with Crippen LogP contribution in [0.1, 0.15) is 26.1 Å². The van der Waals surface area contributed by atoms with E-state index in [9.17, 15) is 4.79 Å². The molecule has 1 heterocycles. The number of nitrogens with two attached hydrogens (primary N) is 1. The van der Waals surface area contributed by atoms with Crippen LogP contribution in [0, 0.1) is 6.92 Å². The number of anilines is 1. The molecule has 0 aliphatic heterocycles. The zero-order valence-electron chi connectivity index (χ0n) is 11.8. The topological polar surface area (TPSA) is 72.9 Å². The Morgan fingerprint density at radius 2 is 2.16 bits per heavy atom. The Morgan fingerprint density at radius 1 is 1.47 bits per heavy atom. The molecule has 0 radical (unpaired) electrons. The quantitative estimate of drug-likeness (QED) is 0.886. The van der Waals surface area contributed by atoms with Gasteiger partial charge in [0, 0.05) is 24.7 Å². The van der Waals surface area contributed by atoms with Gasteiger partial charge in [-0.05, 0) is 39.0 Å². The standard InChI is InChI=1S/C14H20N4O/c1-9-16-11-7-10(5-6-12(11)18(9)4)17-13(19)8-14(2,3)15/h5-7H,8,15H2,1-4H3,(H,17,19). The normalized spacial score (nSPS) is 11.8. The SMILES string of the molecule is Cc1nc2cc(NC(=O)CC(C)(C)N)ccc2n1C. The maximum atomic E-state index is 11.8. The second kappa shape index (κ2) is 4.66. The molecule has 19 heavy (non-hydrogen) atoms. The molecule has 5 heteroatoms. The van der Waals surface area contributed by atoms with Crippen molar-refractivity contribution in [1.29, 1.82) is 0 Å². The molecule has 2 rings (SSSR count). The van der Waals surface area contributed by atoms with Gasteiger partial charge in [0.1, 0.15) is 5.82 Å². The first kappa shape index (κ1) is 13.5. The van der Waals surface area contributed by atoms with Crippen LogP contribution in [0.25, 0.3) is 11.0 Å². The van der Waals surface area contributed by atoms with Crippen LogP contribution < -0.4 is 11.1 Å². The van der Waals surface area contributed by atoms with Gasteiger partial charge in [-0.3, -0.25) is 4.79 Å². The smallest absolute Gasteiger partial charge is 0.226 e. The van der Waals surface area contributed by atoms with Gasteiger partial charge in [-0.2, -0.15) is 0 Å². The molecule has 0 fully saturated rings. The van der Waals surface area contributed by atoms with E-state index in [2.05, 4.69) is 10.3 Å². The van der Waals surface area contributed by atoms with Gasteiger partial charge in [-0.25, -0.2) is 4.98 Å². The zero-order valence-corrected chi connectivity index (χ0v) is 11.8. The number of carbonyl (C=O) groups excluding carboxylic acids is 1. The second-order valence-electron chi connectivity index (χ2n) is 5.64. The first-order valence-corrected chi connectivity index (χ1v) is 6.28. The molecule has 0 unspecified atom stereocenters. The van der Waals surface area contributed by atoms with Crippen molar-refractivity contribution < 1.29 is 4.79 Å². The number of aryl methyl sites for hydroxylation is 2. The third kappa shape index (κ3) is 3.12. The van der Waals surface area contributed by atoms with Gasteiger partial charge in [0.05, 0.1) is 11.0 Å². The lowest BCUT2D eigenvalue weighted by Gasteiger charge is -2.17. The number of nitrogens with zero attached hydrogens (tertiary/aromatic N) is 2. The van der Waals surface area contributed by atoms with Crippen molar-refractivity contribution in [2.45, 2.75) is 32.7 Å². The summed E-state index contributed by atoms with van der Waals surface area (Å²) in [5.74, 6) is 0.862. The summed E-state index contributed by atoms with van der Waals surface area (Å²) < 4.78 is 2.02. The third-order valence-corrected chi connectivity index (χ3v) is 3.00. The molecule has 102 valence electrons. The molecule has 1 aromatic heterocycles. The van der Waals surface area contributed by atoms with Crippen LogP contribution in [0.5, 0.6) is 0 Å². The summed E-state index contributed by atoms with van der Waals surface area (Å²) in [5, 5.41) is 2.85. The summed E-state index contributed by atoms with van der Waals surface area (Å²) in [4.78, 5) is 16.3. The number of rotatable bonds is 3. The molecule has 0 spiro atoms. The predicted octanol–water partition coefficient (Wildman–Crippen LogP) is 1.95. The monoisotopic (exact) mass is 260 g/mol. The third-order valence-electron chi connectivity index (χ3n) is 3.00. The Bertz CT molecular complexity index is 622. The van der Waals surface area contributed by atoms with Crippen LogP contribution in [0.15, 0.2) is 18.2 Å². The van der Waals surface area contributed by atoms with E-state index >= 15 is 0 Å². The van der Waals surface area contributed by atoms with Crippen LogP contribution >= 0.6 is 0 Å². The highest BCUT2D eigenvalue weighted by molar-refractivity contribution is 5.93. The molecule has 0 saturated heterocycles. The molecule has 0 saturated carbocycles. The van der Waals surface area contributed by atoms with E-state index in [1.54, 1.807) is 0 Å². The van der Waals surface area contributed by atoms with Crippen LogP contribution in [0.4, 0.5) is 5.69 Å². The number of carbonyl (C=O) groups is 1. The van der Waals surface area contributed by atoms with Crippen molar-refractivity contribution in [3.8, 4) is 0 Å². The summed E-state index contributed by atoms with van der Waals surface area (Å²) in [6.45, 7) is 5.62.